The smallest absolute Gasteiger partial charge is 0.227 e. The maximum absolute atomic E-state index is 11.7. The van der Waals surface area contributed by atoms with Crippen LogP contribution in [0.2, 0.25) is 0 Å². The van der Waals surface area contributed by atoms with Crippen molar-refractivity contribution in [1.29, 1.82) is 0 Å². The summed E-state index contributed by atoms with van der Waals surface area (Å²) in [6.07, 6.45) is 1.61. The van der Waals surface area contributed by atoms with E-state index in [9.17, 15) is 8.42 Å². The molecule has 0 fully saturated rings. The molecule has 0 aliphatic carbocycles. The van der Waals surface area contributed by atoms with Crippen LogP contribution in [0.3, 0.4) is 0 Å². The third kappa shape index (κ3) is 5.40. The summed E-state index contributed by atoms with van der Waals surface area (Å²) in [5, 5.41) is 3.43. The second kappa shape index (κ2) is 7.04. The SMILES string of the molecule is Nc1ccc(OCCS(=O)(=O)NCCc2ncno2)cc1. The van der Waals surface area contributed by atoms with E-state index in [1.807, 2.05) is 0 Å². The van der Waals surface area contributed by atoms with Crippen LogP contribution in [0.1, 0.15) is 5.89 Å². The molecule has 2 rings (SSSR count). The van der Waals surface area contributed by atoms with E-state index in [1.54, 1.807) is 24.3 Å². The largest absolute Gasteiger partial charge is 0.492 e. The lowest BCUT2D eigenvalue weighted by molar-refractivity contribution is 0.340. The Kier molecular flexibility index (Phi) is 5.12. The first-order valence-electron chi connectivity index (χ1n) is 6.26. The van der Waals surface area contributed by atoms with Crippen molar-refractivity contribution in [2.45, 2.75) is 6.42 Å². The number of rotatable bonds is 8. The van der Waals surface area contributed by atoms with Crippen molar-refractivity contribution in [3.05, 3.63) is 36.5 Å². The molecule has 3 N–H and O–H groups in total. The topological polar surface area (TPSA) is 120 Å². The number of hydrogen-bond donors (Lipinski definition) is 2. The molecule has 2 aromatic rings. The van der Waals surface area contributed by atoms with Gasteiger partial charge in [0.05, 0.1) is 5.75 Å². The Morgan fingerprint density at radius 2 is 2.05 bits per heavy atom. The Morgan fingerprint density at radius 1 is 1.29 bits per heavy atom. The number of hydrogen-bond acceptors (Lipinski definition) is 7. The molecule has 0 atom stereocenters. The molecule has 0 saturated carbocycles. The number of nitrogen functional groups attached to an aromatic ring is 1. The van der Waals surface area contributed by atoms with E-state index in [0.29, 0.717) is 23.7 Å². The average molecular weight is 312 g/mol. The molecule has 0 radical (unpaired) electrons. The summed E-state index contributed by atoms with van der Waals surface area (Å²) in [6.45, 7) is 0.256. The number of ether oxygens (including phenoxy) is 1. The van der Waals surface area contributed by atoms with Crippen molar-refractivity contribution in [1.82, 2.24) is 14.9 Å². The van der Waals surface area contributed by atoms with Crippen LogP contribution >= 0.6 is 0 Å². The molecule has 0 amide bonds. The van der Waals surface area contributed by atoms with Crippen molar-refractivity contribution in [3.8, 4) is 5.75 Å². The van der Waals surface area contributed by atoms with Gasteiger partial charge >= 0.3 is 0 Å². The predicted octanol–water partition coefficient (Wildman–Crippen LogP) is 0.193. The molecule has 1 aromatic carbocycles. The van der Waals surface area contributed by atoms with Crippen LogP contribution in [0.15, 0.2) is 35.1 Å². The Hall–Kier alpha value is -2.13. The zero-order chi connectivity index (χ0) is 15.1. The Morgan fingerprint density at radius 3 is 2.71 bits per heavy atom. The van der Waals surface area contributed by atoms with E-state index >= 15 is 0 Å². The van der Waals surface area contributed by atoms with Gasteiger partial charge in [-0.1, -0.05) is 5.16 Å². The fraction of sp³-hybridized carbons (Fsp3) is 0.333. The Labute approximate surface area is 122 Å². The van der Waals surface area contributed by atoms with Gasteiger partial charge in [-0.05, 0) is 24.3 Å². The third-order valence-corrected chi connectivity index (χ3v) is 3.92. The van der Waals surface area contributed by atoms with Crippen LogP contribution < -0.4 is 15.2 Å². The zero-order valence-electron chi connectivity index (χ0n) is 11.2. The number of sulfonamides is 1. The molecule has 114 valence electrons. The number of benzene rings is 1. The predicted molar refractivity (Wildman–Crippen MR) is 76.1 cm³/mol. The summed E-state index contributed by atoms with van der Waals surface area (Å²) >= 11 is 0. The highest BCUT2D eigenvalue weighted by atomic mass is 32.2. The highest BCUT2D eigenvalue weighted by Gasteiger charge is 2.11. The van der Waals surface area contributed by atoms with Crippen molar-refractivity contribution in [3.63, 3.8) is 0 Å². The van der Waals surface area contributed by atoms with Gasteiger partial charge in [0.2, 0.25) is 15.9 Å². The maximum atomic E-state index is 11.7. The van der Waals surface area contributed by atoms with Gasteiger partial charge in [-0.15, -0.1) is 0 Å². The molecular formula is C12H16N4O4S. The van der Waals surface area contributed by atoms with E-state index < -0.39 is 10.0 Å². The molecule has 0 saturated heterocycles. The summed E-state index contributed by atoms with van der Waals surface area (Å²) in [4.78, 5) is 3.80. The number of aromatic nitrogens is 2. The first-order chi connectivity index (χ1) is 10.1. The average Bonchev–Trinajstić information content (AvgIpc) is 2.94. The van der Waals surface area contributed by atoms with Crippen molar-refractivity contribution < 1.29 is 17.7 Å². The third-order valence-electron chi connectivity index (χ3n) is 2.57. The Bertz CT molecular complexity index is 640. The lowest BCUT2D eigenvalue weighted by Crippen LogP contribution is -2.30. The fourth-order valence-corrected chi connectivity index (χ4v) is 2.39. The van der Waals surface area contributed by atoms with E-state index in [1.165, 1.54) is 6.33 Å². The molecule has 0 spiro atoms. The van der Waals surface area contributed by atoms with E-state index in [4.69, 9.17) is 15.0 Å². The van der Waals surface area contributed by atoms with Crippen molar-refractivity contribution in [2.75, 3.05) is 24.6 Å². The summed E-state index contributed by atoms with van der Waals surface area (Å²) < 4.78 is 36.0. The normalized spacial score (nSPS) is 11.4. The van der Waals surface area contributed by atoms with Crippen LogP contribution in [0, 0.1) is 0 Å². The molecule has 1 aromatic heterocycles. The van der Waals surface area contributed by atoms with Gasteiger partial charge < -0.3 is 15.0 Å². The Balaban J connectivity index is 1.69. The zero-order valence-corrected chi connectivity index (χ0v) is 12.0. The molecule has 1 heterocycles. The molecular weight excluding hydrogens is 296 g/mol. The second-order valence-electron chi connectivity index (χ2n) is 4.22. The lowest BCUT2D eigenvalue weighted by atomic mass is 10.3. The molecule has 8 nitrogen and oxygen atoms in total. The quantitative estimate of drug-likeness (QED) is 0.667. The minimum absolute atomic E-state index is 0.0554. The van der Waals surface area contributed by atoms with Crippen LogP contribution in [-0.4, -0.2) is 37.5 Å². The first kappa shape index (κ1) is 15.3. The minimum atomic E-state index is -3.40. The van der Waals surface area contributed by atoms with Crippen LogP contribution in [-0.2, 0) is 16.4 Å². The van der Waals surface area contributed by atoms with E-state index in [-0.39, 0.29) is 18.9 Å². The van der Waals surface area contributed by atoms with Gasteiger partial charge in [-0.2, -0.15) is 4.98 Å². The highest BCUT2D eigenvalue weighted by molar-refractivity contribution is 7.89. The van der Waals surface area contributed by atoms with Gasteiger partial charge in [0.1, 0.15) is 12.4 Å². The fourth-order valence-electron chi connectivity index (χ4n) is 1.53. The highest BCUT2D eigenvalue weighted by Crippen LogP contribution is 2.12. The lowest BCUT2D eigenvalue weighted by Gasteiger charge is -2.08. The van der Waals surface area contributed by atoms with Gasteiger partial charge in [-0.25, -0.2) is 13.1 Å². The molecule has 9 heteroatoms. The summed E-state index contributed by atoms with van der Waals surface area (Å²) in [5.41, 5.74) is 6.16. The molecule has 0 unspecified atom stereocenters. The maximum Gasteiger partial charge on any atom is 0.227 e. The van der Waals surface area contributed by atoms with Gasteiger partial charge in [0, 0.05) is 18.7 Å². The van der Waals surface area contributed by atoms with Gasteiger partial charge in [0.25, 0.3) is 0 Å². The van der Waals surface area contributed by atoms with Crippen LogP contribution in [0.25, 0.3) is 0 Å². The summed E-state index contributed by atoms with van der Waals surface area (Å²) in [7, 11) is -3.40. The van der Waals surface area contributed by atoms with Crippen molar-refractivity contribution >= 4 is 15.7 Å². The number of nitrogens with two attached hydrogens (primary N) is 1. The van der Waals surface area contributed by atoms with E-state index in [0.717, 1.165) is 0 Å². The molecule has 0 aliphatic heterocycles. The summed E-state index contributed by atoms with van der Waals surface area (Å²) in [6, 6.07) is 6.74. The van der Waals surface area contributed by atoms with Crippen LogP contribution in [0.4, 0.5) is 5.69 Å². The summed E-state index contributed by atoms with van der Waals surface area (Å²) in [5.74, 6) is 0.822. The number of nitrogens with zero attached hydrogens (tertiary/aromatic N) is 2. The monoisotopic (exact) mass is 312 g/mol. The van der Waals surface area contributed by atoms with Gasteiger partial charge in [-0.3, -0.25) is 0 Å². The van der Waals surface area contributed by atoms with E-state index in [2.05, 4.69) is 14.9 Å². The van der Waals surface area contributed by atoms with Crippen molar-refractivity contribution in [2.24, 2.45) is 0 Å². The molecule has 21 heavy (non-hydrogen) atoms. The molecule has 0 bridgehead atoms. The minimum Gasteiger partial charge on any atom is -0.492 e. The van der Waals surface area contributed by atoms with Gasteiger partial charge in [0.15, 0.2) is 6.33 Å². The first-order valence-corrected chi connectivity index (χ1v) is 7.92. The standard InChI is InChI=1S/C12H16N4O4S/c13-10-1-3-11(4-2-10)19-7-8-21(17,18)16-6-5-12-14-9-15-20-12/h1-4,9,16H,5-8,13H2. The second-order valence-corrected chi connectivity index (χ2v) is 6.14. The molecule has 0 aliphatic rings. The van der Waals surface area contributed by atoms with Crippen LogP contribution in [0.5, 0.6) is 5.75 Å². The number of anilines is 1. The number of nitrogens with one attached hydrogen (secondary N) is 1.